The van der Waals surface area contributed by atoms with Crippen molar-refractivity contribution in [2.24, 2.45) is 0 Å². The molecule has 0 saturated heterocycles. The first-order valence-corrected chi connectivity index (χ1v) is 5.87. The summed E-state index contributed by atoms with van der Waals surface area (Å²) in [5.74, 6) is 0.688. The second kappa shape index (κ2) is 5.15. The molecule has 0 atom stereocenters. The Bertz CT molecular complexity index is 571. The maximum Gasteiger partial charge on any atom is 0.125 e. The molecule has 2 aromatic rings. The first kappa shape index (κ1) is 11.9. The lowest BCUT2D eigenvalue weighted by molar-refractivity contribution is 0.628. The van der Waals surface area contributed by atoms with Crippen molar-refractivity contribution in [2.45, 2.75) is 25.3 Å². The van der Waals surface area contributed by atoms with Crippen molar-refractivity contribution in [2.75, 3.05) is 0 Å². The molecule has 0 aliphatic heterocycles. The van der Waals surface area contributed by atoms with E-state index in [1.807, 2.05) is 4.57 Å². The van der Waals surface area contributed by atoms with Crippen LogP contribution in [-0.2, 0) is 12.4 Å². The second-order valence-electron chi connectivity index (χ2n) is 3.71. The molecule has 0 aliphatic carbocycles. The summed E-state index contributed by atoms with van der Waals surface area (Å²) in [7, 11) is 0. The Labute approximate surface area is 103 Å². The third-order valence-electron chi connectivity index (χ3n) is 2.58. The number of hydrogen-bond acceptors (Lipinski definition) is 2. The Kier molecular flexibility index (Phi) is 3.60. The summed E-state index contributed by atoms with van der Waals surface area (Å²) in [6, 6.07) is 6.59. The third-order valence-corrected chi connectivity index (χ3v) is 2.82. The number of hydrogen-bond donors (Lipinski definition) is 0. The summed E-state index contributed by atoms with van der Waals surface area (Å²) >= 11 is 5.81. The van der Waals surface area contributed by atoms with Crippen LogP contribution in [0.5, 0.6) is 0 Å². The zero-order valence-corrected chi connectivity index (χ0v) is 9.91. The van der Waals surface area contributed by atoms with Gasteiger partial charge in [-0.3, -0.25) is 0 Å². The van der Waals surface area contributed by atoms with Gasteiger partial charge in [0.1, 0.15) is 11.6 Å². The molecule has 0 spiro atoms. The van der Waals surface area contributed by atoms with Crippen LogP contribution in [0, 0.1) is 17.1 Å². The van der Waals surface area contributed by atoms with Gasteiger partial charge in [0.25, 0.3) is 0 Å². The van der Waals surface area contributed by atoms with E-state index in [1.54, 1.807) is 6.07 Å². The van der Waals surface area contributed by atoms with E-state index in [2.05, 4.69) is 11.1 Å². The van der Waals surface area contributed by atoms with Crippen molar-refractivity contribution in [3.8, 4) is 6.07 Å². The van der Waals surface area contributed by atoms with Gasteiger partial charge in [0, 0.05) is 19.0 Å². The van der Waals surface area contributed by atoms with Gasteiger partial charge in [-0.15, -0.1) is 11.6 Å². The number of alkyl halides is 1. The quantitative estimate of drug-likeness (QED) is 0.618. The van der Waals surface area contributed by atoms with E-state index in [9.17, 15) is 4.39 Å². The lowest BCUT2D eigenvalue weighted by Crippen LogP contribution is -2.02. The molecule has 17 heavy (non-hydrogen) atoms. The Hall–Kier alpha value is -1.60. The van der Waals surface area contributed by atoms with Gasteiger partial charge in [-0.05, 0) is 18.6 Å². The van der Waals surface area contributed by atoms with E-state index < -0.39 is 0 Å². The number of aryl methyl sites for hydroxylation is 1. The lowest BCUT2D eigenvalue weighted by atomic mass is 10.3. The number of rotatable bonds is 4. The molecule has 0 fully saturated rings. The fourth-order valence-electron chi connectivity index (χ4n) is 1.82. The van der Waals surface area contributed by atoms with Gasteiger partial charge in [0.2, 0.25) is 0 Å². The molecule has 1 aromatic heterocycles. The first-order valence-electron chi connectivity index (χ1n) is 5.34. The first-order chi connectivity index (χ1) is 8.26. The number of aromatic nitrogens is 2. The molecule has 5 heteroatoms. The predicted octanol–water partition coefficient (Wildman–Crippen LogP) is 3.22. The monoisotopic (exact) mass is 251 g/mol. The van der Waals surface area contributed by atoms with Crippen molar-refractivity contribution in [1.29, 1.82) is 5.26 Å². The zero-order chi connectivity index (χ0) is 12.3. The fourth-order valence-corrected chi connectivity index (χ4v) is 2.02. The molecule has 3 nitrogen and oxygen atoms in total. The maximum absolute atomic E-state index is 13.1. The summed E-state index contributed by atoms with van der Waals surface area (Å²) in [6.45, 7) is 0.678. The molecule has 0 bridgehead atoms. The summed E-state index contributed by atoms with van der Waals surface area (Å²) < 4.78 is 15.0. The third kappa shape index (κ3) is 2.40. The van der Waals surface area contributed by atoms with E-state index in [0.717, 1.165) is 11.9 Å². The minimum Gasteiger partial charge on any atom is -0.327 e. The predicted molar refractivity (Wildman–Crippen MR) is 64.1 cm³/mol. The van der Waals surface area contributed by atoms with Crippen LogP contribution >= 0.6 is 11.6 Å². The van der Waals surface area contributed by atoms with Crippen LogP contribution in [0.15, 0.2) is 18.2 Å². The average molecular weight is 252 g/mol. The molecule has 0 saturated carbocycles. The second-order valence-corrected chi connectivity index (χ2v) is 3.98. The maximum atomic E-state index is 13.1. The minimum absolute atomic E-state index is 0.281. The van der Waals surface area contributed by atoms with E-state index >= 15 is 0 Å². The Morgan fingerprint density at radius 3 is 3.00 bits per heavy atom. The average Bonchev–Trinajstić information content (AvgIpc) is 2.67. The van der Waals surface area contributed by atoms with E-state index in [0.29, 0.717) is 24.3 Å². The van der Waals surface area contributed by atoms with E-state index in [4.69, 9.17) is 16.9 Å². The zero-order valence-electron chi connectivity index (χ0n) is 9.16. The summed E-state index contributed by atoms with van der Waals surface area (Å²) in [5.41, 5.74) is 1.47. The Balaban J connectivity index is 2.40. The molecular formula is C12H11ClFN3. The molecule has 1 heterocycles. The number of halogens is 2. The van der Waals surface area contributed by atoms with Crippen LogP contribution in [0.4, 0.5) is 4.39 Å². The highest BCUT2D eigenvalue weighted by molar-refractivity contribution is 6.16. The molecule has 0 amide bonds. The minimum atomic E-state index is -0.305. The molecule has 0 aliphatic rings. The van der Waals surface area contributed by atoms with Crippen LogP contribution < -0.4 is 0 Å². The van der Waals surface area contributed by atoms with Gasteiger partial charge < -0.3 is 4.57 Å². The van der Waals surface area contributed by atoms with Crippen molar-refractivity contribution < 1.29 is 4.39 Å². The number of benzene rings is 1. The van der Waals surface area contributed by atoms with Crippen molar-refractivity contribution in [1.82, 2.24) is 9.55 Å². The molecule has 0 N–H and O–H groups in total. The molecule has 1 aromatic carbocycles. The number of fused-ring (bicyclic) bond motifs is 1. The fraction of sp³-hybridized carbons (Fsp3) is 0.333. The van der Waals surface area contributed by atoms with Gasteiger partial charge in [0.15, 0.2) is 0 Å². The SMILES string of the molecule is N#CCCCn1c(CCl)nc2cc(F)ccc21. The highest BCUT2D eigenvalue weighted by Gasteiger charge is 2.10. The van der Waals surface area contributed by atoms with Crippen LogP contribution in [0.1, 0.15) is 18.7 Å². The topological polar surface area (TPSA) is 41.6 Å². The summed E-state index contributed by atoms with van der Waals surface area (Å²) in [6.07, 6.45) is 1.23. The van der Waals surface area contributed by atoms with E-state index in [1.165, 1.54) is 12.1 Å². The smallest absolute Gasteiger partial charge is 0.125 e. The van der Waals surface area contributed by atoms with Crippen molar-refractivity contribution in [3.05, 3.63) is 29.8 Å². The Morgan fingerprint density at radius 1 is 1.47 bits per heavy atom. The normalized spacial score (nSPS) is 10.6. The highest BCUT2D eigenvalue weighted by Crippen LogP contribution is 2.19. The standard InChI is InChI=1S/C12H11ClFN3/c13-8-12-16-10-7-9(14)3-4-11(10)17(12)6-2-1-5-15/h3-4,7H,1-2,6,8H2. The van der Waals surface area contributed by atoms with Gasteiger partial charge in [-0.25, -0.2) is 9.37 Å². The molecule has 0 unspecified atom stereocenters. The van der Waals surface area contributed by atoms with E-state index in [-0.39, 0.29) is 11.7 Å². The summed E-state index contributed by atoms with van der Waals surface area (Å²) in [4.78, 5) is 4.28. The molecular weight excluding hydrogens is 241 g/mol. The van der Waals surface area contributed by atoms with Crippen LogP contribution in [-0.4, -0.2) is 9.55 Å². The van der Waals surface area contributed by atoms with Crippen LogP contribution in [0.25, 0.3) is 11.0 Å². The van der Waals surface area contributed by atoms with Crippen molar-refractivity contribution >= 4 is 22.6 Å². The number of imidazole rings is 1. The van der Waals surface area contributed by atoms with Gasteiger partial charge in [-0.2, -0.15) is 5.26 Å². The molecule has 2 rings (SSSR count). The van der Waals surface area contributed by atoms with Gasteiger partial charge in [-0.1, -0.05) is 0 Å². The molecule has 0 radical (unpaired) electrons. The number of nitrogens with zero attached hydrogens (tertiary/aromatic N) is 3. The molecule has 88 valence electrons. The highest BCUT2D eigenvalue weighted by atomic mass is 35.5. The van der Waals surface area contributed by atoms with Crippen LogP contribution in [0.3, 0.4) is 0 Å². The van der Waals surface area contributed by atoms with Gasteiger partial charge >= 0.3 is 0 Å². The summed E-state index contributed by atoms with van der Waals surface area (Å²) in [5, 5.41) is 8.52. The largest absolute Gasteiger partial charge is 0.327 e. The number of nitriles is 1. The van der Waals surface area contributed by atoms with Gasteiger partial charge in [0.05, 0.1) is 23.0 Å². The van der Waals surface area contributed by atoms with Crippen molar-refractivity contribution in [3.63, 3.8) is 0 Å². The number of unbranched alkanes of at least 4 members (excludes halogenated alkanes) is 1. The Morgan fingerprint density at radius 2 is 2.29 bits per heavy atom. The van der Waals surface area contributed by atoms with Crippen LogP contribution in [0.2, 0.25) is 0 Å². The lowest BCUT2D eigenvalue weighted by Gasteiger charge is -2.05.